The summed E-state index contributed by atoms with van der Waals surface area (Å²) >= 11 is 0. The number of rotatable bonds is 0. The number of hydrogen-bond acceptors (Lipinski definition) is 2. The molecular weight excluding hydrogens is 164 g/mol. The van der Waals surface area contributed by atoms with E-state index >= 15 is 0 Å². The molecule has 0 amide bonds. The van der Waals surface area contributed by atoms with E-state index in [0.29, 0.717) is 11.3 Å². The second-order valence-electron chi connectivity index (χ2n) is 2.62. The maximum absolute atomic E-state index is 11.3. The van der Waals surface area contributed by atoms with Crippen molar-refractivity contribution in [1.82, 2.24) is 0 Å². The van der Waals surface area contributed by atoms with E-state index in [1.54, 1.807) is 13.0 Å². The van der Waals surface area contributed by atoms with Gasteiger partial charge in [-0.05, 0) is 19.1 Å². The zero-order valence-corrected chi connectivity index (χ0v) is 8.20. The molecule has 1 aliphatic heterocycles. The molecule has 1 unspecified atom stereocenters. The monoisotopic (exact) mass is 178 g/mol. The summed E-state index contributed by atoms with van der Waals surface area (Å²) in [6, 6.07) is 7.32. The molecule has 1 atom stereocenters. The highest BCUT2D eigenvalue weighted by Gasteiger charge is 2.27. The summed E-state index contributed by atoms with van der Waals surface area (Å²) in [6.07, 6.45) is -0.299. The lowest BCUT2D eigenvalue weighted by molar-refractivity contribution is 0.0878. The summed E-state index contributed by atoms with van der Waals surface area (Å²) in [5.41, 5.74) is 0.708. The summed E-state index contributed by atoms with van der Waals surface area (Å²) in [4.78, 5) is 11.3. The Balaban J connectivity index is 0.000000396. The van der Waals surface area contributed by atoms with Crippen LogP contribution in [0.2, 0.25) is 0 Å². The van der Waals surface area contributed by atoms with Crippen LogP contribution in [-0.4, -0.2) is 11.9 Å². The number of benzene rings is 1. The Kier molecular flexibility index (Phi) is 3.07. The maximum atomic E-state index is 11.3. The van der Waals surface area contributed by atoms with Gasteiger partial charge in [0.1, 0.15) is 5.75 Å². The number of ketones is 1. The largest absolute Gasteiger partial charge is 0.482 e. The standard InChI is InChI=1S/C9H8O2.C2H6/c1-6-9(10)7-4-2-3-5-8(7)11-6;1-2/h2-6H,1H3;1-2H3. The van der Waals surface area contributed by atoms with E-state index in [4.69, 9.17) is 4.74 Å². The van der Waals surface area contributed by atoms with E-state index in [9.17, 15) is 4.79 Å². The van der Waals surface area contributed by atoms with Crippen molar-refractivity contribution in [2.75, 3.05) is 0 Å². The van der Waals surface area contributed by atoms with Gasteiger partial charge in [0.05, 0.1) is 5.56 Å². The van der Waals surface area contributed by atoms with Crippen molar-refractivity contribution in [2.45, 2.75) is 26.9 Å². The van der Waals surface area contributed by atoms with Gasteiger partial charge in [0.15, 0.2) is 6.10 Å². The van der Waals surface area contributed by atoms with Crippen molar-refractivity contribution in [3.63, 3.8) is 0 Å². The van der Waals surface area contributed by atoms with Crippen LogP contribution in [0.15, 0.2) is 24.3 Å². The maximum Gasteiger partial charge on any atom is 0.206 e. The Morgan fingerprint density at radius 1 is 1.23 bits per heavy atom. The van der Waals surface area contributed by atoms with Crippen LogP contribution in [0, 0.1) is 0 Å². The molecule has 70 valence electrons. The van der Waals surface area contributed by atoms with Crippen molar-refractivity contribution >= 4 is 5.78 Å². The molecule has 0 aromatic heterocycles. The molecule has 1 aliphatic rings. The molecule has 0 radical (unpaired) electrons. The first-order valence-electron chi connectivity index (χ1n) is 4.59. The minimum Gasteiger partial charge on any atom is -0.482 e. The highest BCUT2D eigenvalue weighted by Crippen LogP contribution is 2.27. The molecule has 0 saturated heterocycles. The summed E-state index contributed by atoms with van der Waals surface area (Å²) in [5.74, 6) is 0.797. The third-order valence-corrected chi connectivity index (χ3v) is 1.83. The molecule has 0 saturated carbocycles. The summed E-state index contributed by atoms with van der Waals surface area (Å²) in [7, 11) is 0. The number of para-hydroxylation sites is 1. The third-order valence-electron chi connectivity index (χ3n) is 1.83. The predicted molar refractivity (Wildman–Crippen MR) is 52.2 cm³/mol. The van der Waals surface area contributed by atoms with E-state index in [0.717, 1.165) is 0 Å². The first-order valence-corrected chi connectivity index (χ1v) is 4.59. The van der Waals surface area contributed by atoms with E-state index in [1.807, 2.05) is 32.0 Å². The zero-order chi connectivity index (χ0) is 9.84. The molecule has 2 nitrogen and oxygen atoms in total. The fraction of sp³-hybridized carbons (Fsp3) is 0.364. The van der Waals surface area contributed by atoms with Crippen molar-refractivity contribution in [2.24, 2.45) is 0 Å². The molecule has 13 heavy (non-hydrogen) atoms. The fourth-order valence-electron chi connectivity index (χ4n) is 1.24. The van der Waals surface area contributed by atoms with Crippen molar-refractivity contribution < 1.29 is 9.53 Å². The quantitative estimate of drug-likeness (QED) is 0.610. The Bertz CT molecular complexity index is 305. The lowest BCUT2D eigenvalue weighted by Crippen LogP contribution is -2.14. The fourth-order valence-corrected chi connectivity index (χ4v) is 1.24. The lowest BCUT2D eigenvalue weighted by atomic mass is 10.1. The Morgan fingerprint density at radius 3 is 2.46 bits per heavy atom. The van der Waals surface area contributed by atoms with Gasteiger partial charge < -0.3 is 4.74 Å². The van der Waals surface area contributed by atoms with Gasteiger partial charge >= 0.3 is 0 Å². The van der Waals surface area contributed by atoms with Crippen LogP contribution >= 0.6 is 0 Å². The third kappa shape index (κ3) is 1.72. The molecule has 2 heteroatoms. The van der Waals surface area contributed by atoms with E-state index in [2.05, 4.69) is 0 Å². The van der Waals surface area contributed by atoms with Crippen LogP contribution < -0.4 is 4.74 Å². The van der Waals surface area contributed by atoms with Gasteiger partial charge in [-0.25, -0.2) is 0 Å². The van der Waals surface area contributed by atoms with Gasteiger partial charge in [0, 0.05) is 0 Å². The molecule has 0 aliphatic carbocycles. The topological polar surface area (TPSA) is 26.3 Å². The van der Waals surface area contributed by atoms with Gasteiger partial charge in [-0.3, -0.25) is 4.79 Å². The van der Waals surface area contributed by atoms with Crippen LogP contribution in [0.5, 0.6) is 5.75 Å². The number of Topliss-reactive ketones (excluding diaryl/α,β-unsaturated/α-hetero) is 1. The van der Waals surface area contributed by atoms with Crippen LogP contribution in [0.4, 0.5) is 0 Å². The Morgan fingerprint density at radius 2 is 1.85 bits per heavy atom. The van der Waals surface area contributed by atoms with E-state index < -0.39 is 0 Å². The summed E-state index contributed by atoms with van der Waals surface area (Å²) in [5, 5.41) is 0. The van der Waals surface area contributed by atoms with Crippen LogP contribution in [-0.2, 0) is 0 Å². The molecule has 0 N–H and O–H groups in total. The van der Waals surface area contributed by atoms with Gasteiger partial charge in [0.2, 0.25) is 5.78 Å². The van der Waals surface area contributed by atoms with Crippen LogP contribution in [0.1, 0.15) is 31.1 Å². The van der Waals surface area contributed by atoms with Gasteiger partial charge in [0.25, 0.3) is 0 Å². The molecule has 1 aromatic carbocycles. The number of hydrogen-bond donors (Lipinski definition) is 0. The molecule has 1 aromatic rings. The first kappa shape index (κ1) is 9.78. The van der Waals surface area contributed by atoms with Crippen LogP contribution in [0.25, 0.3) is 0 Å². The molecule has 0 fully saturated rings. The summed E-state index contributed by atoms with van der Waals surface area (Å²) in [6.45, 7) is 5.77. The average Bonchev–Trinajstić information content (AvgIpc) is 2.47. The smallest absolute Gasteiger partial charge is 0.206 e. The molecule has 1 heterocycles. The minimum atomic E-state index is -0.299. The van der Waals surface area contributed by atoms with Crippen molar-refractivity contribution in [3.05, 3.63) is 29.8 Å². The number of fused-ring (bicyclic) bond motifs is 1. The minimum absolute atomic E-state index is 0.0839. The highest BCUT2D eigenvalue weighted by molar-refractivity contribution is 6.04. The van der Waals surface area contributed by atoms with Crippen molar-refractivity contribution in [1.29, 1.82) is 0 Å². The second kappa shape index (κ2) is 4.08. The molecule has 2 rings (SSSR count). The lowest BCUT2D eigenvalue weighted by Gasteiger charge is -1.98. The normalized spacial score (nSPS) is 18.4. The highest BCUT2D eigenvalue weighted by atomic mass is 16.5. The van der Waals surface area contributed by atoms with Gasteiger partial charge in [-0.15, -0.1) is 0 Å². The SMILES string of the molecule is CC.CC1Oc2ccccc2C1=O. The second-order valence-corrected chi connectivity index (χ2v) is 2.62. The van der Waals surface area contributed by atoms with Crippen molar-refractivity contribution in [3.8, 4) is 5.75 Å². The van der Waals surface area contributed by atoms with Gasteiger partial charge in [-0.1, -0.05) is 26.0 Å². The summed E-state index contributed by atoms with van der Waals surface area (Å²) < 4.78 is 5.27. The number of carbonyl (C=O) groups is 1. The van der Waals surface area contributed by atoms with E-state index in [-0.39, 0.29) is 11.9 Å². The van der Waals surface area contributed by atoms with E-state index in [1.165, 1.54) is 0 Å². The molecule has 0 bridgehead atoms. The predicted octanol–water partition coefficient (Wildman–Crippen LogP) is 2.68. The number of ether oxygens (including phenoxy) is 1. The Hall–Kier alpha value is -1.31. The van der Waals surface area contributed by atoms with Crippen LogP contribution in [0.3, 0.4) is 0 Å². The van der Waals surface area contributed by atoms with Gasteiger partial charge in [-0.2, -0.15) is 0 Å². The Labute approximate surface area is 78.5 Å². The average molecular weight is 178 g/mol. The number of carbonyl (C=O) groups excluding carboxylic acids is 1. The molecule has 0 spiro atoms. The zero-order valence-electron chi connectivity index (χ0n) is 8.20. The first-order chi connectivity index (χ1) is 6.29. The molecular formula is C11H14O2.